The lowest BCUT2D eigenvalue weighted by Crippen LogP contribution is -2.22. The van der Waals surface area contributed by atoms with Crippen LogP contribution < -0.4 is 4.74 Å². The summed E-state index contributed by atoms with van der Waals surface area (Å²) in [5.41, 5.74) is 2.49. The first-order valence-corrected chi connectivity index (χ1v) is 10.1. The predicted molar refractivity (Wildman–Crippen MR) is 115 cm³/mol. The topological polar surface area (TPSA) is 47.3 Å². The summed E-state index contributed by atoms with van der Waals surface area (Å²) in [5, 5.41) is 10.5. The fourth-order valence-corrected chi connectivity index (χ4v) is 3.38. The summed E-state index contributed by atoms with van der Waals surface area (Å²) in [6.45, 7) is 11.7. The van der Waals surface area contributed by atoms with Gasteiger partial charge in [-0.2, -0.15) is 0 Å². The summed E-state index contributed by atoms with van der Waals surface area (Å²) in [4.78, 5) is 4.64. The van der Waals surface area contributed by atoms with Crippen molar-refractivity contribution in [3.63, 3.8) is 0 Å². The average Bonchev–Trinajstić information content (AvgIpc) is 3.00. The van der Waals surface area contributed by atoms with E-state index in [2.05, 4.69) is 60.7 Å². The van der Waals surface area contributed by atoms with Crippen LogP contribution in [0.2, 0.25) is 0 Å². The molecule has 1 heterocycles. The first-order valence-electron chi connectivity index (χ1n) is 10.1. The van der Waals surface area contributed by atoms with Crippen LogP contribution in [0.4, 0.5) is 0 Å². The van der Waals surface area contributed by atoms with E-state index < -0.39 is 5.60 Å². The maximum absolute atomic E-state index is 10.5. The van der Waals surface area contributed by atoms with Crippen LogP contribution in [0.25, 0.3) is 11.0 Å². The van der Waals surface area contributed by atoms with Gasteiger partial charge in [0.1, 0.15) is 17.2 Å². The normalized spacial score (nSPS) is 12.5. The van der Waals surface area contributed by atoms with Crippen LogP contribution in [-0.2, 0) is 17.6 Å². The Bertz CT molecular complexity index is 912. The molecule has 0 saturated carbocycles. The predicted octanol–water partition coefficient (Wildman–Crippen LogP) is 5.42. The highest BCUT2D eigenvalue weighted by Gasteiger charge is 2.24. The Balaban J connectivity index is 1.57. The maximum atomic E-state index is 10.5. The molecule has 0 aliphatic rings. The fraction of sp³-hybridized carbons (Fsp3) is 0.458. The molecule has 3 aromatic rings. The Kier molecular flexibility index (Phi) is 5.80. The van der Waals surface area contributed by atoms with Gasteiger partial charge in [0.2, 0.25) is 0 Å². The second-order valence-corrected chi connectivity index (χ2v) is 8.96. The molecule has 150 valence electrons. The maximum Gasteiger partial charge on any atom is 0.141 e. The Morgan fingerprint density at radius 3 is 2.25 bits per heavy atom. The molecule has 3 rings (SSSR count). The van der Waals surface area contributed by atoms with Gasteiger partial charge in [0.15, 0.2) is 0 Å². The zero-order valence-corrected chi connectivity index (χ0v) is 17.7. The van der Waals surface area contributed by atoms with Gasteiger partial charge in [-0.1, -0.05) is 45.0 Å². The first-order chi connectivity index (χ1) is 13.2. The summed E-state index contributed by atoms with van der Waals surface area (Å²) in [5.74, 6) is 1.63. The molecule has 0 aliphatic carbocycles. The number of nitrogens with zero attached hydrogens (tertiary/aromatic N) is 2. The Morgan fingerprint density at radius 1 is 0.929 bits per heavy atom. The Labute approximate surface area is 168 Å². The van der Waals surface area contributed by atoms with Crippen molar-refractivity contribution in [2.24, 2.45) is 0 Å². The summed E-state index contributed by atoms with van der Waals surface area (Å²) >= 11 is 0. The molecule has 28 heavy (non-hydrogen) atoms. The molecule has 4 nitrogen and oxygen atoms in total. The van der Waals surface area contributed by atoms with Gasteiger partial charge >= 0.3 is 0 Å². The van der Waals surface area contributed by atoms with Crippen molar-refractivity contribution in [3.05, 3.63) is 59.9 Å². The van der Waals surface area contributed by atoms with Crippen molar-refractivity contribution in [2.45, 2.75) is 65.0 Å². The van der Waals surface area contributed by atoms with Crippen LogP contribution in [0.3, 0.4) is 0 Å². The van der Waals surface area contributed by atoms with E-state index in [0.717, 1.165) is 36.2 Å². The average molecular weight is 381 g/mol. The van der Waals surface area contributed by atoms with E-state index in [0.29, 0.717) is 12.4 Å². The van der Waals surface area contributed by atoms with Crippen molar-refractivity contribution < 1.29 is 9.84 Å². The van der Waals surface area contributed by atoms with Crippen LogP contribution >= 0.6 is 0 Å². The molecule has 0 atom stereocenters. The number of ether oxygens (including phenoxy) is 1. The molecular weight excluding hydrogens is 348 g/mol. The van der Waals surface area contributed by atoms with Crippen molar-refractivity contribution in [1.29, 1.82) is 0 Å². The lowest BCUT2D eigenvalue weighted by Gasteiger charge is -2.19. The zero-order chi connectivity index (χ0) is 20.4. The molecule has 0 aliphatic heterocycles. The number of rotatable bonds is 7. The minimum atomic E-state index is -0.968. The van der Waals surface area contributed by atoms with Gasteiger partial charge in [-0.25, -0.2) is 4.98 Å². The smallest absolute Gasteiger partial charge is 0.141 e. The molecule has 4 heteroatoms. The van der Waals surface area contributed by atoms with Crippen molar-refractivity contribution in [2.75, 3.05) is 6.61 Å². The lowest BCUT2D eigenvalue weighted by molar-refractivity contribution is 0.0650. The molecule has 1 aromatic heterocycles. The number of aryl methyl sites for hydroxylation is 1. The number of unbranched alkanes of at least 4 members (excludes halogenated alkanes) is 1. The summed E-state index contributed by atoms with van der Waals surface area (Å²) in [6, 6.07) is 16.4. The van der Waals surface area contributed by atoms with Crippen LogP contribution in [-0.4, -0.2) is 21.3 Å². The van der Waals surface area contributed by atoms with Gasteiger partial charge in [-0.3, -0.25) is 0 Å². The van der Waals surface area contributed by atoms with E-state index in [9.17, 15) is 5.11 Å². The number of aliphatic hydroxyl groups is 1. The SMILES string of the molecule is CC(C)(C)c1ccc(OCCCCn2c(C(C)(C)O)nc3ccccc32)cc1. The van der Waals surface area contributed by atoms with Crippen LogP contribution in [0, 0.1) is 0 Å². The van der Waals surface area contributed by atoms with E-state index in [1.165, 1.54) is 5.56 Å². The summed E-state index contributed by atoms with van der Waals surface area (Å²) in [6.07, 6.45) is 1.91. The summed E-state index contributed by atoms with van der Waals surface area (Å²) < 4.78 is 8.04. The minimum Gasteiger partial charge on any atom is -0.494 e. The Morgan fingerprint density at radius 2 is 1.61 bits per heavy atom. The number of imidazole rings is 1. The summed E-state index contributed by atoms with van der Waals surface area (Å²) in [7, 11) is 0. The van der Waals surface area contributed by atoms with E-state index in [4.69, 9.17) is 4.74 Å². The van der Waals surface area contributed by atoms with Gasteiger partial charge in [-0.15, -0.1) is 0 Å². The number of para-hydroxylation sites is 2. The van der Waals surface area contributed by atoms with Gasteiger partial charge < -0.3 is 14.4 Å². The monoisotopic (exact) mass is 380 g/mol. The number of hydrogen-bond donors (Lipinski definition) is 1. The highest BCUT2D eigenvalue weighted by Crippen LogP contribution is 2.26. The Hall–Kier alpha value is -2.33. The van der Waals surface area contributed by atoms with Crippen LogP contribution in [0.1, 0.15) is 58.8 Å². The molecule has 0 unspecified atom stereocenters. The van der Waals surface area contributed by atoms with Gasteiger partial charge in [-0.05, 0) is 61.9 Å². The van der Waals surface area contributed by atoms with Crippen molar-refractivity contribution in [1.82, 2.24) is 9.55 Å². The quantitative estimate of drug-likeness (QED) is 0.557. The largest absolute Gasteiger partial charge is 0.494 e. The van der Waals surface area contributed by atoms with Crippen molar-refractivity contribution in [3.8, 4) is 5.75 Å². The third kappa shape index (κ3) is 4.74. The number of benzene rings is 2. The molecule has 0 bridgehead atoms. The fourth-order valence-electron chi connectivity index (χ4n) is 3.38. The van der Waals surface area contributed by atoms with Crippen LogP contribution in [0.15, 0.2) is 48.5 Å². The molecular formula is C24H32N2O2. The van der Waals surface area contributed by atoms with Gasteiger partial charge in [0, 0.05) is 6.54 Å². The van der Waals surface area contributed by atoms with Crippen LogP contribution in [0.5, 0.6) is 5.75 Å². The zero-order valence-electron chi connectivity index (χ0n) is 17.7. The number of hydrogen-bond acceptors (Lipinski definition) is 3. The third-order valence-electron chi connectivity index (χ3n) is 4.97. The number of fused-ring (bicyclic) bond motifs is 1. The standard InChI is InChI=1S/C24H32N2O2/c1-23(2,3)18-12-14-19(15-13-18)28-17-9-8-16-26-21-11-7-6-10-20(21)25-22(26)24(4,5)27/h6-7,10-15,27H,8-9,16-17H2,1-5H3. The molecule has 2 aromatic carbocycles. The first kappa shape index (κ1) is 20.4. The van der Waals surface area contributed by atoms with Gasteiger partial charge in [0.05, 0.1) is 17.6 Å². The lowest BCUT2D eigenvalue weighted by atomic mass is 9.87. The number of aromatic nitrogens is 2. The third-order valence-corrected chi connectivity index (χ3v) is 4.97. The van der Waals surface area contributed by atoms with E-state index in [1.54, 1.807) is 13.8 Å². The van der Waals surface area contributed by atoms with Gasteiger partial charge in [0.25, 0.3) is 0 Å². The molecule has 1 N–H and O–H groups in total. The minimum absolute atomic E-state index is 0.157. The highest BCUT2D eigenvalue weighted by molar-refractivity contribution is 5.76. The second-order valence-electron chi connectivity index (χ2n) is 8.96. The molecule has 0 fully saturated rings. The second kappa shape index (κ2) is 7.96. The van der Waals surface area contributed by atoms with E-state index in [1.807, 2.05) is 18.2 Å². The molecule has 0 radical (unpaired) electrons. The molecule has 0 amide bonds. The van der Waals surface area contributed by atoms with E-state index in [-0.39, 0.29) is 5.41 Å². The van der Waals surface area contributed by atoms with Crippen molar-refractivity contribution >= 4 is 11.0 Å². The molecule has 0 saturated heterocycles. The van der Waals surface area contributed by atoms with E-state index >= 15 is 0 Å². The molecule has 0 spiro atoms. The highest BCUT2D eigenvalue weighted by atomic mass is 16.5.